The van der Waals surface area contributed by atoms with Gasteiger partial charge in [-0.1, -0.05) is 6.92 Å². The monoisotopic (exact) mass is 212 g/mol. The number of ether oxygens (including phenoxy) is 1. The van der Waals surface area contributed by atoms with E-state index in [0.717, 1.165) is 19.5 Å². The van der Waals surface area contributed by atoms with E-state index in [0.29, 0.717) is 13.2 Å². The summed E-state index contributed by atoms with van der Waals surface area (Å²) in [6, 6.07) is 2.10. The Bertz CT molecular complexity index is 261. The van der Waals surface area contributed by atoms with Crippen LogP contribution in [0, 0.1) is 0 Å². The van der Waals surface area contributed by atoms with Crippen LogP contribution >= 0.6 is 0 Å². The number of nitrogens with one attached hydrogen (secondary N) is 1. The lowest BCUT2D eigenvalue weighted by Crippen LogP contribution is -2.16. The van der Waals surface area contributed by atoms with Crippen LogP contribution in [0.1, 0.15) is 18.9 Å². The lowest BCUT2D eigenvalue weighted by molar-refractivity contribution is 0.00346. The quantitative estimate of drug-likeness (QED) is 0.525. The van der Waals surface area contributed by atoms with Crippen LogP contribution in [0.15, 0.2) is 18.5 Å². The van der Waals surface area contributed by atoms with Crippen molar-refractivity contribution >= 4 is 0 Å². The minimum absolute atomic E-state index is 0.576. The summed E-state index contributed by atoms with van der Waals surface area (Å²) in [7, 11) is 1.66. The molecule has 1 heterocycles. The summed E-state index contributed by atoms with van der Waals surface area (Å²) in [4.78, 5) is 5.16. The Balaban J connectivity index is 2.14. The summed E-state index contributed by atoms with van der Waals surface area (Å²) in [6.07, 6.45) is 5.39. The predicted octanol–water partition coefficient (Wildman–Crippen LogP) is 1.57. The third-order valence-electron chi connectivity index (χ3n) is 2.06. The number of nitrogens with zero attached hydrogens (tertiary/aromatic N) is 1. The molecule has 0 amide bonds. The highest BCUT2D eigenvalue weighted by atomic mass is 16.7. The first-order valence-corrected chi connectivity index (χ1v) is 5.35. The van der Waals surface area contributed by atoms with Crippen molar-refractivity contribution in [3.8, 4) is 0 Å². The van der Waals surface area contributed by atoms with Gasteiger partial charge in [-0.25, -0.2) is 0 Å². The maximum absolute atomic E-state index is 5.16. The van der Waals surface area contributed by atoms with Crippen molar-refractivity contribution in [2.75, 3.05) is 20.3 Å². The standard InChI is InChI=1S/C11H20N2O2/c1-3-5-13-6-4-11(10-13)9-12-15-8-7-14-2/h4,6,10,12H,3,5,7-9H2,1-2H3. The molecule has 0 aliphatic rings. The van der Waals surface area contributed by atoms with Gasteiger partial charge in [0.05, 0.1) is 13.2 Å². The minimum Gasteiger partial charge on any atom is -0.382 e. The summed E-state index contributed by atoms with van der Waals surface area (Å²) in [6.45, 7) is 5.17. The zero-order valence-corrected chi connectivity index (χ0v) is 9.53. The third-order valence-corrected chi connectivity index (χ3v) is 2.06. The van der Waals surface area contributed by atoms with Gasteiger partial charge in [-0.05, 0) is 18.1 Å². The van der Waals surface area contributed by atoms with Gasteiger partial charge in [0, 0.05) is 32.6 Å². The Morgan fingerprint density at radius 2 is 2.27 bits per heavy atom. The van der Waals surface area contributed by atoms with Crippen LogP contribution in [0.5, 0.6) is 0 Å². The molecule has 1 N–H and O–H groups in total. The molecule has 0 saturated heterocycles. The van der Waals surface area contributed by atoms with Crippen molar-refractivity contribution < 1.29 is 9.57 Å². The molecule has 0 spiro atoms. The first-order chi connectivity index (χ1) is 7.36. The highest BCUT2D eigenvalue weighted by Crippen LogP contribution is 2.01. The SMILES string of the molecule is CCCn1ccc(CNOCCOC)c1. The van der Waals surface area contributed by atoms with Gasteiger partial charge in [0.25, 0.3) is 0 Å². The molecule has 0 atom stereocenters. The molecule has 86 valence electrons. The van der Waals surface area contributed by atoms with E-state index >= 15 is 0 Å². The van der Waals surface area contributed by atoms with Crippen molar-refractivity contribution in [1.82, 2.24) is 10.0 Å². The number of aryl methyl sites for hydroxylation is 1. The molecular formula is C11H20N2O2. The zero-order valence-electron chi connectivity index (χ0n) is 9.53. The summed E-state index contributed by atoms with van der Waals surface area (Å²) in [5.41, 5.74) is 4.14. The van der Waals surface area contributed by atoms with E-state index < -0.39 is 0 Å². The first kappa shape index (κ1) is 12.2. The number of aromatic nitrogens is 1. The molecule has 15 heavy (non-hydrogen) atoms. The van der Waals surface area contributed by atoms with Crippen LogP contribution in [-0.2, 0) is 22.7 Å². The second-order valence-electron chi connectivity index (χ2n) is 3.42. The van der Waals surface area contributed by atoms with Crippen LogP contribution in [0.3, 0.4) is 0 Å². The molecule has 1 aromatic rings. The molecular weight excluding hydrogens is 192 g/mol. The summed E-state index contributed by atoms with van der Waals surface area (Å²) in [5, 5.41) is 0. The van der Waals surface area contributed by atoms with E-state index in [1.54, 1.807) is 7.11 Å². The van der Waals surface area contributed by atoms with E-state index in [2.05, 4.69) is 35.4 Å². The Labute approximate surface area is 91.1 Å². The van der Waals surface area contributed by atoms with Crippen LogP contribution in [-0.4, -0.2) is 24.9 Å². The molecule has 1 aromatic heterocycles. The normalized spacial score (nSPS) is 10.8. The lowest BCUT2D eigenvalue weighted by atomic mass is 10.3. The van der Waals surface area contributed by atoms with E-state index in [4.69, 9.17) is 9.57 Å². The van der Waals surface area contributed by atoms with Crippen LogP contribution in [0.25, 0.3) is 0 Å². The highest BCUT2D eigenvalue weighted by Gasteiger charge is 1.95. The fourth-order valence-electron chi connectivity index (χ4n) is 1.32. The fourth-order valence-corrected chi connectivity index (χ4v) is 1.32. The summed E-state index contributed by atoms with van der Waals surface area (Å²) < 4.78 is 7.05. The van der Waals surface area contributed by atoms with Crippen molar-refractivity contribution in [2.24, 2.45) is 0 Å². The number of hydroxylamine groups is 1. The number of hydrogen-bond donors (Lipinski definition) is 1. The fraction of sp³-hybridized carbons (Fsp3) is 0.636. The maximum Gasteiger partial charge on any atom is 0.0916 e. The Morgan fingerprint density at radius 3 is 3.00 bits per heavy atom. The average molecular weight is 212 g/mol. The molecule has 1 rings (SSSR count). The van der Waals surface area contributed by atoms with Gasteiger partial charge >= 0.3 is 0 Å². The molecule has 0 radical (unpaired) electrons. The smallest absolute Gasteiger partial charge is 0.0916 e. The topological polar surface area (TPSA) is 35.4 Å². The van der Waals surface area contributed by atoms with Gasteiger partial charge in [0.1, 0.15) is 0 Å². The van der Waals surface area contributed by atoms with E-state index in [9.17, 15) is 0 Å². The molecule has 0 unspecified atom stereocenters. The van der Waals surface area contributed by atoms with Gasteiger partial charge in [0.2, 0.25) is 0 Å². The van der Waals surface area contributed by atoms with Crippen LogP contribution < -0.4 is 5.48 Å². The maximum atomic E-state index is 5.16. The molecule has 0 aliphatic heterocycles. The Morgan fingerprint density at radius 1 is 1.40 bits per heavy atom. The Hall–Kier alpha value is -0.840. The van der Waals surface area contributed by atoms with Gasteiger partial charge < -0.3 is 9.30 Å². The highest BCUT2D eigenvalue weighted by molar-refractivity contribution is 5.09. The summed E-state index contributed by atoms with van der Waals surface area (Å²) >= 11 is 0. The molecule has 0 aromatic carbocycles. The van der Waals surface area contributed by atoms with Gasteiger partial charge in [-0.15, -0.1) is 0 Å². The molecule has 0 aliphatic carbocycles. The van der Waals surface area contributed by atoms with Crippen molar-refractivity contribution in [3.63, 3.8) is 0 Å². The van der Waals surface area contributed by atoms with Crippen molar-refractivity contribution in [2.45, 2.75) is 26.4 Å². The van der Waals surface area contributed by atoms with Crippen LogP contribution in [0.4, 0.5) is 0 Å². The van der Waals surface area contributed by atoms with Crippen LogP contribution in [0.2, 0.25) is 0 Å². The predicted molar refractivity (Wildman–Crippen MR) is 59.4 cm³/mol. The van der Waals surface area contributed by atoms with Crippen molar-refractivity contribution in [1.29, 1.82) is 0 Å². The molecule has 0 saturated carbocycles. The molecule has 4 nitrogen and oxygen atoms in total. The zero-order chi connectivity index (χ0) is 10.9. The Kier molecular flexibility index (Phi) is 6.08. The minimum atomic E-state index is 0.576. The molecule has 4 heteroatoms. The average Bonchev–Trinajstić information content (AvgIpc) is 2.66. The van der Waals surface area contributed by atoms with E-state index in [-0.39, 0.29) is 0 Å². The molecule has 0 bridgehead atoms. The van der Waals surface area contributed by atoms with Gasteiger partial charge in [-0.3, -0.25) is 4.84 Å². The second kappa shape index (κ2) is 7.45. The van der Waals surface area contributed by atoms with Gasteiger partial charge in [0.15, 0.2) is 0 Å². The van der Waals surface area contributed by atoms with E-state index in [1.165, 1.54) is 5.56 Å². The number of hydrogen-bond acceptors (Lipinski definition) is 3. The number of methoxy groups -OCH3 is 1. The summed E-state index contributed by atoms with van der Waals surface area (Å²) in [5.74, 6) is 0. The van der Waals surface area contributed by atoms with Crippen molar-refractivity contribution in [3.05, 3.63) is 24.0 Å². The lowest BCUT2D eigenvalue weighted by Gasteiger charge is -2.03. The first-order valence-electron chi connectivity index (χ1n) is 5.35. The molecule has 0 fully saturated rings. The largest absolute Gasteiger partial charge is 0.382 e. The number of rotatable bonds is 8. The third kappa shape index (κ3) is 4.97. The van der Waals surface area contributed by atoms with E-state index in [1.807, 2.05) is 0 Å². The second-order valence-corrected chi connectivity index (χ2v) is 3.42. The van der Waals surface area contributed by atoms with Gasteiger partial charge in [-0.2, -0.15) is 5.48 Å².